The van der Waals surface area contributed by atoms with E-state index in [-0.39, 0.29) is 11.1 Å². The van der Waals surface area contributed by atoms with Gasteiger partial charge in [0.1, 0.15) is 5.69 Å². The lowest BCUT2D eigenvalue weighted by Crippen LogP contribution is -2.25. The van der Waals surface area contributed by atoms with E-state index in [4.69, 9.17) is 4.74 Å². The van der Waals surface area contributed by atoms with Gasteiger partial charge in [-0.25, -0.2) is 18.6 Å². The molecule has 0 atom stereocenters. The minimum Gasteiger partial charge on any atom is -0.464 e. The van der Waals surface area contributed by atoms with E-state index in [1.54, 1.807) is 12.1 Å². The number of anilines is 2. The van der Waals surface area contributed by atoms with E-state index in [2.05, 4.69) is 4.98 Å². The maximum atomic E-state index is 13.5. The molecule has 120 valence electrons. The third-order valence-electron chi connectivity index (χ3n) is 3.97. The molecule has 23 heavy (non-hydrogen) atoms. The van der Waals surface area contributed by atoms with E-state index in [9.17, 15) is 13.6 Å². The van der Waals surface area contributed by atoms with Crippen LogP contribution in [-0.2, 0) is 10.2 Å². The van der Waals surface area contributed by atoms with Gasteiger partial charge in [-0.15, -0.1) is 0 Å². The van der Waals surface area contributed by atoms with E-state index in [0.29, 0.717) is 12.2 Å². The van der Waals surface area contributed by atoms with Crippen molar-refractivity contribution in [3.8, 4) is 0 Å². The summed E-state index contributed by atoms with van der Waals surface area (Å²) in [5, 5.41) is 0. The topological polar surface area (TPSA) is 42.4 Å². The Labute approximate surface area is 132 Å². The van der Waals surface area contributed by atoms with Crippen LogP contribution in [0.15, 0.2) is 30.3 Å². The van der Waals surface area contributed by atoms with Gasteiger partial charge in [-0.05, 0) is 24.3 Å². The van der Waals surface area contributed by atoms with E-state index < -0.39 is 17.6 Å². The van der Waals surface area contributed by atoms with Crippen molar-refractivity contribution in [2.45, 2.75) is 19.3 Å². The minimum absolute atomic E-state index is 0.228. The van der Waals surface area contributed by atoms with Gasteiger partial charge in [-0.1, -0.05) is 13.8 Å². The molecule has 3 rings (SSSR count). The van der Waals surface area contributed by atoms with Gasteiger partial charge in [0.15, 0.2) is 11.6 Å². The SMILES string of the molecule is COC(=O)c1ccc2c(n1)C(C)(C)CN2c1ccc(F)c(F)c1. The van der Waals surface area contributed by atoms with Gasteiger partial charge in [0, 0.05) is 23.7 Å². The van der Waals surface area contributed by atoms with Crippen molar-refractivity contribution in [1.29, 1.82) is 0 Å². The zero-order valence-corrected chi connectivity index (χ0v) is 13.1. The number of esters is 1. The molecule has 0 unspecified atom stereocenters. The van der Waals surface area contributed by atoms with Crippen LogP contribution in [-0.4, -0.2) is 24.6 Å². The summed E-state index contributed by atoms with van der Waals surface area (Å²) in [5.41, 5.74) is 1.93. The zero-order chi connectivity index (χ0) is 16.8. The molecule has 0 aliphatic carbocycles. The fraction of sp³-hybridized carbons (Fsp3) is 0.294. The van der Waals surface area contributed by atoms with Crippen LogP contribution in [0.2, 0.25) is 0 Å². The number of rotatable bonds is 2. The van der Waals surface area contributed by atoms with Crippen molar-refractivity contribution in [3.63, 3.8) is 0 Å². The number of fused-ring (bicyclic) bond motifs is 1. The number of carbonyl (C=O) groups is 1. The largest absolute Gasteiger partial charge is 0.464 e. The van der Waals surface area contributed by atoms with Gasteiger partial charge in [0.2, 0.25) is 0 Å². The number of aromatic nitrogens is 1. The number of methoxy groups -OCH3 is 1. The molecule has 0 bridgehead atoms. The highest BCUT2D eigenvalue weighted by atomic mass is 19.2. The summed E-state index contributed by atoms with van der Waals surface area (Å²) in [5.74, 6) is -2.28. The average Bonchev–Trinajstić information content (AvgIpc) is 2.80. The van der Waals surface area contributed by atoms with Crippen molar-refractivity contribution in [3.05, 3.63) is 53.4 Å². The van der Waals surface area contributed by atoms with Crippen molar-refractivity contribution in [1.82, 2.24) is 4.98 Å². The molecule has 0 saturated heterocycles. The Kier molecular flexibility index (Phi) is 3.55. The number of carbonyl (C=O) groups excluding carboxylic acids is 1. The predicted molar refractivity (Wildman–Crippen MR) is 82.0 cm³/mol. The van der Waals surface area contributed by atoms with E-state index in [1.165, 1.54) is 13.2 Å². The highest BCUT2D eigenvalue weighted by Crippen LogP contribution is 2.43. The van der Waals surface area contributed by atoms with E-state index in [0.717, 1.165) is 23.5 Å². The van der Waals surface area contributed by atoms with Crippen LogP contribution in [0.3, 0.4) is 0 Å². The Bertz CT molecular complexity index is 790. The standard InChI is InChI=1S/C17H16F2N2O2/c1-17(2)9-21(10-4-5-11(18)12(19)8-10)14-7-6-13(16(22)23-3)20-15(14)17/h4-8H,9H2,1-3H3. The van der Waals surface area contributed by atoms with Crippen LogP contribution in [0.1, 0.15) is 30.0 Å². The molecule has 1 aromatic carbocycles. The van der Waals surface area contributed by atoms with Gasteiger partial charge in [-0.3, -0.25) is 0 Å². The number of hydrogen-bond donors (Lipinski definition) is 0. The predicted octanol–water partition coefficient (Wildman–Crippen LogP) is 3.58. The molecule has 4 nitrogen and oxygen atoms in total. The fourth-order valence-corrected chi connectivity index (χ4v) is 2.82. The average molecular weight is 318 g/mol. The van der Waals surface area contributed by atoms with Crippen molar-refractivity contribution >= 4 is 17.3 Å². The molecule has 0 amide bonds. The van der Waals surface area contributed by atoms with Crippen molar-refractivity contribution in [2.75, 3.05) is 18.6 Å². The van der Waals surface area contributed by atoms with Gasteiger partial charge >= 0.3 is 5.97 Å². The second kappa shape index (κ2) is 5.30. The lowest BCUT2D eigenvalue weighted by atomic mass is 9.91. The van der Waals surface area contributed by atoms with Crippen LogP contribution in [0, 0.1) is 11.6 Å². The summed E-state index contributed by atoms with van der Waals surface area (Å²) in [6.45, 7) is 4.52. The fourth-order valence-electron chi connectivity index (χ4n) is 2.82. The summed E-state index contributed by atoms with van der Waals surface area (Å²) in [6, 6.07) is 7.11. The summed E-state index contributed by atoms with van der Waals surface area (Å²) >= 11 is 0. The van der Waals surface area contributed by atoms with Crippen LogP contribution in [0.5, 0.6) is 0 Å². The number of halogens is 2. The molecule has 1 aliphatic heterocycles. The molecular weight excluding hydrogens is 302 g/mol. The molecule has 0 fully saturated rings. The van der Waals surface area contributed by atoms with Crippen molar-refractivity contribution in [2.24, 2.45) is 0 Å². The molecule has 0 N–H and O–H groups in total. The molecule has 6 heteroatoms. The lowest BCUT2D eigenvalue weighted by molar-refractivity contribution is 0.0593. The van der Waals surface area contributed by atoms with Crippen molar-refractivity contribution < 1.29 is 18.3 Å². The first-order chi connectivity index (χ1) is 10.8. The number of ether oxygens (including phenoxy) is 1. The first-order valence-corrected chi connectivity index (χ1v) is 7.16. The molecule has 1 aromatic heterocycles. The van der Waals surface area contributed by atoms with Gasteiger partial charge in [0.05, 0.1) is 18.5 Å². The summed E-state index contributed by atoms with van der Waals surface area (Å²) in [4.78, 5) is 17.9. The Balaban J connectivity index is 2.08. The second-order valence-electron chi connectivity index (χ2n) is 6.12. The summed E-state index contributed by atoms with van der Waals surface area (Å²) in [6.07, 6.45) is 0. The maximum Gasteiger partial charge on any atom is 0.356 e. The van der Waals surface area contributed by atoms with Gasteiger partial charge in [0.25, 0.3) is 0 Å². The second-order valence-corrected chi connectivity index (χ2v) is 6.12. The number of benzene rings is 1. The molecular formula is C17H16F2N2O2. The smallest absolute Gasteiger partial charge is 0.356 e. The number of hydrogen-bond acceptors (Lipinski definition) is 4. The van der Waals surface area contributed by atoms with Crippen LogP contribution < -0.4 is 4.90 Å². The van der Waals surface area contributed by atoms with Crippen LogP contribution >= 0.6 is 0 Å². The third-order valence-corrected chi connectivity index (χ3v) is 3.97. The monoisotopic (exact) mass is 318 g/mol. The first-order valence-electron chi connectivity index (χ1n) is 7.16. The minimum atomic E-state index is -0.895. The number of nitrogens with zero attached hydrogens (tertiary/aromatic N) is 2. The molecule has 0 saturated carbocycles. The third kappa shape index (κ3) is 2.54. The molecule has 2 heterocycles. The Morgan fingerprint density at radius 2 is 1.96 bits per heavy atom. The quantitative estimate of drug-likeness (QED) is 0.794. The first kappa shape index (κ1) is 15.4. The Morgan fingerprint density at radius 1 is 1.22 bits per heavy atom. The molecule has 1 aliphatic rings. The lowest BCUT2D eigenvalue weighted by Gasteiger charge is -2.22. The van der Waals surface area contributed by atoms with Gasteiger partial charge < -0.3 is 9.64 Å². The Hall–Kier alpha value is -2.50. The molecule has 0 radical (unpaired) electrons. The van der Waals surface area contributed by atoms with E-state index in [1.807, 2.05) is 18.7 Å². The number of pyridine rings is 1. The molecule has 2 aromatic rings. The van der Waals surface area contributed by atoms with E-state index >= 15 is 0 Å². The van der Waals surface area contributed by atoms with Gasteiger partial charge in [-0.2, -0.15) is 0 Å². The summed E-state index contributed by atoms with van der Waals surface area (Å²) < 4.78 is 31.4. The van der Waals surface area contributed by atoms with Crippen LogP contribution in [0.25, 0.3) is 0 Å². The Morgan fingerprint density at radius 3 is 2.61 bits per heavy atom. The summed E-state index contributed by atoms with van der Waals surface area (Å²) in [7, 11) is 1.30. The highest BCUT2D eigenvalue weighted by molar-refractivity contribution is 5.88. The maximum absolute atomic E-state index is 13.5. The van der Waals surface area contributed by atoms with Crippen LogP contribution in [0.4, 0.5) is 20.2 Å². The normalized spacial score (nSPS) is 15.4. The zero-order valence-electron chi connectivity index (χ0n) is 13.1. The highest BCUT2D eigenvalue weighted by Gasteiger charge is 2.38. The molecule has 0 spiro atoms.